The van der Waals surface area contributed by atoms with Crippen molar-refractivity contribution in [3.8, 4) is 0 Å². The van der Waals surface area contributed by atoms with Gasteiger partial charge in [0.2, 0.25) is 5.91 Å². The van der Waals surface area contributed by atoms with Gasteiger partial charge >= 0.3 is 0 Å². The van der Waals surface area contributed by atoms with Crippen molar-refractivity contribution in [2.45, 2.75) is 39.0 Å². The van der Waals surface area contributed by atoms with Crippen molar-refractivity contribution in [1.82, 2.24) is 10.6 Å². The highest BCUT2D eigenvalue weighted by Crippen LogP contribution is 2.10. The van der Waals surface area contributed by atoms with E-state index >= 15 is 0 Å². The third-order valence-corrected chi connectivity index (χ3v) is 3.37. The lowest BCUT2D eigenvalue weighted by Crippen LogP contribution is -2.30. The van der Waals surface area contributed by atoms with Gasteiger partial charge in [-0.3, -0.25) is 9.59 Å². The normalized spacial score (nSPS) is 10.4. The van der Waals surface area contributed by atoms with Gasteiger partial charge in [-0.25, -0.2) is 0 Å². The summed E-state index contributed by atoms with van der Waals surface area (Å²) in [5, 5.41) is 5.72. The van der Waals surface area contributed by atoms with Crippen molar-refractivity contribution in [2.75, 3.05) is 20.1 Å². The number of carbonyl (C=O) groups is 2. The molecule has 1 aromatic rings. The van der Waals surface area contributed by atoms with Crippen LogP contribution in [0.25, 0.3) is 0 Å². The van der Waals surface area contributed by atoms with E-state index in [4.69, 9.17) is 0 Å². The number of Topliss-reactive ketones (excluding diaryl/α,β-unsaturated/α-hetero) is 1. The van der Waals surface area contributed by atoms with Crippen molar-refractivity contribution in [3.05, 3.63) is 35.4 Å². The first-order chi connectivity index (χ1) is 10.2. The van der Waals surface area contributed by atoms with Crippen LogP contribution in [0.4, 0.5) is 0 Å². The van der Waals surface area contributed by atoms with E-state index in [1.807, 2.05) is 31.3 Å². The Bertz CT molecular complexity index is 441. The first-order valence-corrected chi connectivity index (χ1v) is 7.70. The zero-order valence-electron chi connectivity index (χ0n) is 13.1. The van der Waals surface area contributed by atoms with Crippen molar-refractivity contribution in [2.24, 2.45) is 0 Å². The van der Waals surface area contributed by atoms with Crippen LogP contribution in [-0.2, 0) is 11.2 Å². The quantitative estimate of drug-likeness (QED) is 0.513. The number of aryl methyl sites for hydroxylation is 1. The fourth-order valence-corrected chi connectivity index (χ4v) is 2.02. The van der Waals surface area contributed by atoms with E-state index in [0.717, 1.165) is 13.0 Å². The molecule has 0 bridgehead atoms. The van der Waals surface area contributed by atoms with Crippen LogP contribution in [0.15, 0.2) is 24.3 Å². The lowest BCUT2D eigenvalue weighted by atomic mass is 10.0. The molecule has 1 aromatic carbocycles. The Morgan fingerprint density at radius 1 is 1.05 bits per heavy atom. The fourth-order valence-electron chi connectivity index (χ4n) is 2.02. The summed E-state index contributed by atoms with van der Waals surface area (Å²) in [4.78, 5) is 23.5. The van der Waals surface area contributed by atoms with Crippen molar-refractivity contribution >= 4 is 11.7 Å². The number of carbonyl (C=O) groups excluding carboxylic acids is 2. The number of ketones is 1. The number of benzene rings is 1. The molecule has 4 nitrogen and oxygen atoms in total. The highest BCUT2D eigenvalue weighted by Gasteiger charge is 2.09. The molecule has 0 saturated heterocycles. The molecule has 0 aliphatic heterocycles. The SMILES string of the molecule is CCCCc1ccc(C(=O)CCC(=O)NCCNC)cc1. The molecule has 0 unspecified atom stereocenters. The second-order valence-corrected chi connectivity index (χ2v) is 5.18. The summed E-state index contributed by atoms with van der Waals surface area (Å²) in [6.07, 6.45) is 3.90. The van der Waals surface area contributed by atoms with Crippen LogP contribution in [0.2, 0.25) is 0 Å². The molecule has 1 rings (SSSR count). The van der Waals surface area contributed by atoms with E-state index in [0.29, 0.717) is 12.1 Å². The first-order valence-electron chi connectivity index (χ1n) is 7.70. The van der Waals surface area contributed by atoms with Crippen LogP contribution in [0.1, 0.15) is 48.5 Å². The molecule has 0 radical (unpaired) electrons. The Kier molecular flexibility index (Phi) is 8.36. The van der Waals surface area contributed by atoms with E-state index < -0.39 is 0 Å². The van der Waals surface area contributed by atoms with Gasteiger partial charge in [-0.05, 0) is 25.5 Å². The molecule has 21 heavy (non-hydrogen) atoms. The Morgan fingerprint density at radius 2 is 1.76 bits per heavy atom. The highest BCUT2D eigenvalue weighted by molar-refractivity contribution is 5.97. The molecule has 0 aliphatic carbocycles. The lowest BCUT2D eigenvalue weighted by Gasteiger charge is -2.05. The Balaban J connectivity index is 2.36. The second kappa shape index (κ2) is 10.1. The van der Waals surface area contributed by atoms with Gasteiger partial charge in [-0.15, -0.1) is 0 Å². The van der Waals surface area contributed by atoms with Crippen LogP contribution >= 0.6 is 0 Å². The van der Waals surface area contributed by atoms with Gasteiger partial charge in [0.1, 0.15) is 0 Å². The van der Waals surface area contributed by atoms with E-state index in [9.17, 15) is 9.59 Å². The maximum absolute atomic E-state index is 12.0. The Labute approximate surface area is 127 Å². The van der Waals surface area contributed by atoms with Crippen LogP contribution in [0.3, 0.4) is 0 Å². The molecule has 4 heteroatoms. The van der Waals surface area contributed by atoms with Crippen LogP contribution in [-0.4, -0.2) is 31.8 Å². The molecule has 2 N–H and O–H groups in total. The molecule has 0 saturated carbocycles. The van der Waals surface area contributed by atoms with Gasteiger partial charge in [-0.1, -0.05) is 37.6 Å². The molecule has 0 heterocycles. The van der Waals surface area contributed by atoms with Crippen LogP contribution in [0.5, 0.6) is 0 Å². The third-order valence-electron chi connectivity index (χ3n) is 3.37. The standard InChI is InChI=1S/C17H26N2O2/c1-3-4-5-14-6-8-15(9-7-14)16(20)10-11-17(21)19-13-12-18-2/h6-9,18H,3-5,10-13H2,1-2H3,(H,19,21). The molecule has 0 aliphatic rings. The van der Waals surface area contributed by atoms with Crippen molar-refractivity contribution < 1.29 is 9.59 Å². The summed E-state index contributed by atoms with van der Waals surface area (Å²) < 4.78 is 0. The summed E-state index contributed by atoms with van der Waals surface area (Å²) in [5.41, 5.74) is 1.96. The maximum Gasteiger partial charge on any atom is 0.220 e. The van der Waals surface area contributed by atoms with E-state index in [1.54, 1.807) is 0 Å². The van der Waals surface area contributed by atoms with Gasteiger partial charge in [0.25, 0.3) is 0 Å². The smallest absolute Gasteiger partial charge is 0.220 e. The van der Waals surface area contributed by atoms with Gasteiger partial charge < -0.3 is 10.6 Å². The van der Waals surface area contributed by atoms with Crippen molar-refractivity contribution in [3.63, 3.8) is 0 Å². The average molecular weight is 290 g/mol. The Hall–Kier alpha value is -1.68. The topological polar surface area (TPSA) is 58.2 Å². The zero-order chi connectivity index (χ0) is 15.5. The highest BCUT2D eigenvalue weighted by atomic mass is 16.2. The average Bonchev–Trinajstić information content (AvgIpc) is 2.51. The predicted octanol–water partition coefficient (Wildman–Crippen LogP) is 2.33. The number of likely N-dealkylation sites (N-methyl/N-ethyl adjacent to an activating group) is 1. The van der Waals surface area contributed by atoms with Crippen LogP contribution < -0.4 is 10.6 Å². The molecule has 0 aromatic heterocycles. The largest absolute Gasteiger partial charge is 0.355 e. The third kappa shape index (κ3) is 7.04. The summed E-state index contributed by atoms with van der Waals surface area (Å²) >= 11 is 0. The molecule has 1 amide bonds. The molecule has 0 atom stereocenters. The maximum atomic E-state index is 12.0. The van der Waals surface area contributed by atoms with Gasteiger partial charge in [-0.2, -0.15) is 0 Å². The second-order valence-electron chi connectivity index (χ2n) is 5.18. The Morgan fingerprint density at radius 3 is 2.38 bits per heavy atom. The molecule has 0 spiro atoms. The predicted molar refractivity (Wildman–Crippen MR) is 85.6 cm³/mol. The van der Waals surface area contributed by atoms with Gasteiger partial charge in [0, 0.05) is 31.5 Å². The van der Waals surface area contributed by atoms with Crippen molar-refractivity contribution in [1.29, 1.82) is 0 Å². The van der Waals surface area contributed by atoms with Gasteiger partial charge in [0.15, 0.2) is 5.78 Å². The summed E-state index contributed by atoms with van der Waals surface area (Å²) in [6, 6.07) is 7.75. The number of amides is 1. The number of hydrogen-bond donors (Lipinski definition) is 2. The summed E-state index contributed by atoms with van der Waals surface area (Å²) in [7, 11) is 1.83. The monoisotopic (exact) mass is 290 g/mol. The molecular weight excluding hydrogens is 264 g/mol. The minimum atomic E-state index is -0.0711. The minimum absolute atomic E-state index is 0.0285. The number of unbranched alkanes of at least 4 members (excludes halogenated alkanes) is 1. The molecule has 0 fully saturated rings. The number of rotatable bonds is 10. The van der Waals surface area contributed by atoms with Gasteiger partial charge in [0.05, 0.1) is 0 Å². The number of hydrogen-bond acceptors (Lipinski definition) is 3. The van der Waals surface area contributed by atoms with E-state index in [2.05, 4.69) is 17.6 Å². The molecule has 116 valence electrons. The van der Waals surface area contributed by atoms with E-state index in [-0.39, 0.29) is 24.5 Å². The molecular formula is C17H26N2O2. The first kappa shape index (κ1) is 17.4. The van der Waals surface area contributed by atoms with Crippen LogP contribution in [0, 0.1) is 0 Å². The summed E-state index contributed by atoms with van der Waals surface area (Å²) in [6.45, 7) is 3.49. The minimum Gasteiger partial charge on any atom is -0.355 e. The zero-order valence-corrected chi connectivity index (χ0v) is 13.1. The summed E-state index contributed by atoms with van der Waals surface area (Å²) in [5.74, 6) is -0.0426. The van der Waals surface area contributed by atoms with E-state index in [1.165, 1.54) is 18.4 Å². The fraction of sp³-hybridized carbons (Fsp3) is 0.529. The number of nitrogens with one attached hydrogen (secondary N) is 2. The lowest BCUT2D eigenvalue weighted by molar-refractivity contribution is -0.121.